The number of H-pyrrole nitrogens is 1. The molecule has 5 heteroatoms. The smallest absolute Gasteiger partial charge is 0.0949 e. The lowest BCUT2D eigenvalue weighted by molar-refractivity contribution is 0.797. The fraction of sp³-hybridized carbons (Fsp3) is 0.200. The molecule has 2 N–H and O–H groups in total. The Bertz CT molecular complexity index is 669. The minimum Gasteiger partial charge on any atom is -0.381 e. The lowest BCUT2D eigenvalue weighted by Crippen LogP contribution is -2.01. The number of aromatic nitrogens is 4. The maximum Gasteiger partial charge on any atom is 0.0949 e. The van der Waals surface area contributed by atoms with Gasteiger partial charge in [0.2, 0.25) is 0 Å². The van der Waals surface area contributed by atoms with Crippen LogP contribution in [0.1, 0.15) is 16.8 Å². The van der Waals surface area contributed by atoms with E-state index >= 15 is 0 Å². The second kappa shape index (κ2) is 5.61. The average molecular weight is 267 g/mol. The van der Waals surface area contributed by atoms with Crippen molar-refractivity contribution in [1.82, 2.24) is 19.7 Å². The van der Waals surface area contributed by atoms with Crippen molar-refractivity contribution in [3.63, 3.8) is 0 Å². The molecule has 0 aliphatic heterocycles. The van der Waals surface area contributed by atoms with Gasteiger partial charge in [0.15, 0.2) is 0 Å². The summed E-state index contributed by atoms with van der Waals surface area (Å²) in [5.41, 5.74) is 4.65. The molecule has 0 atom stereocenters. The zero-order valence-corrected chi connectivity index (χ0v) is 11.4. The highest BCUT2D eigenvalue weighted by molar-refractivity contribution is 5.46. The van der Waals surface area contributed by atoms with E-state index in [1.807, 2.05) is 25.6 Å². The summed E-state index contributed by atoms with van der Waals surface area (Å²) >= 11 is 0. The monoisotopic (exact) mass is 267 g/mol. The molecule has 0 fully saturated rings. The summed E-state index contributed by atoms with van der Waals surface area (Å²) in [7, 11) is 0. The van der Waals surface area contributed by atoms with Crippen LogP contribution in [0.2, 0.25) is 0 Å². The molecular formula is C15H17N5. The molecule has 0 bridgehead atoms. The molecule has 102 valence electrons. The molecule has 0 saturated heterocycles. The number of aryl methyl sites for hydroxylation is 1. The fourth-order valence-electron chi connectivity index (χ4n) is 2.12. The third-order valence-corrected chi connectivity index (χ3v) is 3.27. The van der Waals surface area contributed by atoms with Crippen LogP contribution >= 0.6 is 0 Å². The van der Waals surface area contributed by atoms with Crippen molar-refractivity contribution in [3.05, 3.63) is 66.0 Å². The van der Waals surface area contributed by atoms with Gasteiger partial charge in [0.25, 0.3) is 0 Å². The van der Waals surface area contributed by atoms with E-state index < -0.39 is 0 Å². The van der Waals surface area contributed by atoms with Gasteiger partial charge in [-0.15, -0.1) is 0 Å². The van der Waals surface area contributed by atoms with E-state index in [4.69, 9.17) is 0 Å². The Morgan fingerprint density at radius 2 is 2.30 bits per heavy atom. The molecule has 0 unspecified atom stereocenters. The van der Waals surface area contributed by atoms with Gasteiger partial charge in [-0.2, -0.15) is 5.10 Å². The Morgan fingerprint density at radius 3 is 3.05 bits per heavy atom. The summed E-state index contributed by atoms with van der Waals surface area (Å²) in [6, 6.07) is 8.42. The first kappa shape index (κ1) is 12.5. The topological polar surface area (TPSA) is 58.5 Å². The van der Waals surface area contributed by atoms with Gasteiger partial charge in [-0.1, -0.05) is 12.1 Å². The third kappa shape index (κ3) is 2.88. The van der Waals surface area contributed by atoms with Crippen LogP contribution in [0, 0.1) is 6.92 Å². The van der Waals surface area contributed by atoms with Crippen molar-refractivity contribution in [3.8, 4) is 0 Å². The molecule has 0 amide bonds. The number of anilines is 1. The molecule has 3 aromatic rings. The van der Waals surface area contributed by atoms with Gasteiger partial charge in [-0.3, -0.25) is 5.10 Å². The number of hydrogen-bond acceptors (Lipinski definition) is 3. The minimum absolute atomic E-state index is 0.775. The summed E-state index contributed by atoms with van der Waals surface area (Å²) in [6.45, 7) is 3.64. The summed E-state index contributed by atoms with van der Waals surface area (Å²) in [6.07, 6.45) is 7.45. The van der Waals surface area contributed by atoms with Crippen LogP contribution < -0.4 is 5.32 Å². The van der Waals surface area contributed by atoms with Gasteiger partial charge < -0.3 is 9.88 Å². The van der Waals surface area contributed by atoms with Crippen molar-refractivity contribution in [1.29, 1.82) is 0 Å². The van der Waals surface area contributed by atoms with Crippen molar-refractivity contribution in [2.24, 2.45) is 0 Å². The maximum atomic E-state index is 4.06. The molecule has 2 heterocycles. The molecule has 0 radical (unpaired) electrons. The predicted octanol–water partition coefficient (Wildman–Crippen LogP) is 2.58. The molecule has 2 aromatic heterocycles. The molecule has 0 saturated carbocycles. The molecule has 0 aliphatic rings. The van der Waals surface area contributed by atoms with Crippen LogP contribution in [0.25, 0.3) is 0 Å². The van der Waals surface area contributed by atoms with E-state index in [-0.39, 0.29) is 0 Å². The van der Waals surface area contributed by atoms with E-state index in [1.54, 1.807) is 6.20 Å². The quantitative estimate of drug-likeness (QED) is 0.747. The SMILES string of the molecule is Cc1[nH]ncc1CNc1cccc(Cn2ccnc2)c1. The van der Waals surface area contributed by atoms with Gasteiger partial charge in [0.05, 0.1) is 12.5 Å². The lowest BCUT2D eigenvalue weighted by atomic mass is 10.2. The highest BCUT2D eigenvalue weighted by Gasteiger charge is 2.01. The highest BCUT2D eigenvalue weighted by Crippen LogP contribution is 2.14. The van der Waals surface area contributed by atoms with Crippen LogP contribution in [0.3, 0.4) is 0 Å². The maximum absolute atomic E-state index is 4.06. The van der Waals surface area contributed by atoms with Gasteiger partial charge in [0.1, 0.15) is 0 Å². The molecule has 20 heavy (non-hydrogen) atoms. The standard InChI is InChI=1S/C15H17N5/c1-12-14(9-18-19-12)8-17-15-4-2-3-13(7-15)10-20-6-5-16-11-20/h2-7,9,11,17H,8,10H2,1H3,(H,18,19). The van der Waals surface area contributed by atoms with E-state index in [2.05, 4.69) is 49.3 Å². The summed E-state index contributed by atoms with van der Waals surface area (Å²) in [5, 5.41) is 10.4. The second-order valence-electron chi connectivity index (χ2n) is 4.81. The number of benzene rings is 1. The Labute approximate surface area is 117 Å². The number of nitrogens with zero attached hydrogens (tertiary/aromatic N) is 3. The van der Waals surface area contributed by atoms with E-state index in [0.29, 0.717) is 0 Å². The first-order valence-corrected chi connectivity index (χ1v) is 6.58. The lowest BCUT2D eigenvalue weighted by Gasteiger charge is -2.08. The largest absolute Gasteiger partial charge is 0.381 e. The minimum atomic E-state index is 0.775. The van der Waals surface area contributed by atoms with Crippen molar-refractivity contribution < 1.29 is 0 Å². The molecule has 0 spiro atoms. The average Bonchev–Trinajstić information content (AvgIpc) is 3.09. The van der Waals surface area contributed by atoms with Crippen LogP contribution in [0.15, 0.2) is 49.2 Å². The third-order valence-electron chi connectivity index (χ3n) is 3.27. The molecule has 3 rings (SSSR count). The molecule has 1 aromatic carbocycles. The Hall–Kier alpha value is -2.56. The number of rotatable bonds is 5. The van der Waals surface area contributed by atoms with E-state index in [1.165, 1.54) is 11.1 Å². The van der Waals surface area contributed by atoms with Gasteiger partial charge in [0, 0.05) is 42.4 Å². The van der Waals surface area contributed by atoms with Gasteiger partial charge in [-0.05, 0) is 24.6 Å². The van der Waals surface area contributed by atoms with Crippen LogP contribution in [-0.2, 0) is 13.1 Å². The number of hydrogen-bond donors (Lipinski definition) is 2. The molecule has 0 aliphatic carbocycles. The zero-order valence-electron chi connectivity index (χ0n) is 11.4. The van der Waals surface area contributed by atoms with Crippen molar-refractivity contribution in [2.45, 2.75) is 20.0 Å². The zero-order chi connectivity index (χ0) is 13.8. The first-order chi connectivity index (χ1) is 9.81. The number of imidazole rings is 1. The van der Waals surface area contributed by atoms with Crippen molar-refractivity contribution >= 4 is 5.69 Å². The normalized spacial score (nSPS) is 10.7. The van der Waals surface area contributed by atoms with Crippen LogP contribution in [0.4, 0.5) is 5.69 Å². The second-order valence-corrected chi connectivity index (χ2v) is 4.81. The number of nitrogens with one attached hydrogen (secondary N) is 2. The van der Waals surface area contributed by atoms with E-state index in [9.17, 15) is 0 Å². The Kier molecular flexibility index (Phi) is 3.50. The van der Waals surface area contributed by atoms with Crippen molar-refractivity contribution in [2.75, 3.05) is 5.32 Å². The Morgan fingerprint density at radius 1 is 1.35 bits per heavy atom. The predicted molar refractivity (Wildman–Crippen MR) is 78.4 cm³/mol. The summed E-state index contributed by atoms with van der Waals surface area (Å²) in [5.74, 6) is 0. The van der Waals surface area contributed by atoms with Crippen LogP contribution in [0.5, 0.6) is 0 Å². The van der Waals surface area contributed by atoms with Crippen LogP contribution in [-0.4, -0.2) is 19.7 Å². The van der Waals surface area contributed by atoms with Gasteiger partial charge >= 0.3 is 0 Å². The fourth-order valence-corrected chi connectivity index (χ4v) is 2.12. The summed E-state index contributed by atoms with van der Waals surface area (Å²) in [4.78, 5) is 4.06. The highest BCUT2D eigenvalue weighted by atomic mass is 15.1. The van der Waals surface area contributed by atoms with Gasteiger partial charge in [-0.25, -0.2) is 4.98 Å². The number of aromatic amines is 1. The molecular weight excluding hydrogens is 250 g/mol. The molecule has 5 nitrogen and oxygen atoms in total. The van der Waals surface area contributed by atoms with E-state index in [0.717, 1.165) is 24.5 Å². The Balaban J connectivity index is 1.67. The summed E-state index contributed by atoms with van der Waals surface area (Å²) < 4.78 is 2.05. The first-order valence-electron chi connectivity index (χ1n) is 6.58.